The molecular weight excluding hydrogens is 474 g/mol. The van der Waals surface area contributed by atoms with Crippen molar-refractivity contribution in [1.29, 1.82) is 0 Å². The molecule has 5 aromatic rings. The number of carbonyl (C=O) groups is 1. The lowest BCUT2D eigenvalue weighted by Crippen LogP contribution is -2.23. The van der Waals surface area contributed by atoms with Gasteiger partial charge in [-0.2, -0.15) is 0 Å². The van der Waals surface area contributed by atoms with Gasteiger partial charge in [-0.15, -0.1) is 0 Å². The molecule has 0 saturated heterocycles. The topological polar surface area (TPSA) is 82.5 Å². The summed E-state index contributed by atoms with van der Waals surface area (Å²) in [4.78, 5) is 31.2. The Balaban J connectivity index is 1.49. The Hall–Kier alpha value is -4.30. The summed E-state index contributed by atoms with van der Waals surface area (Å²) < 4.78 is 12.3. The van der Waals surface area contributed by atoms with Gasteiger partial charge in [0.05, 0.1) is 36.6 Å². The molecule has 1 N–H and O–H groups in total. The summed E-state index contributed by atoms with van der Waals surface area (Å²) >= 11 is 1.19. The lowest BCUT2D eigenvalue weighted by atomic mass is 10.1. The molecule has 0 bridgehead atoms. The number of hydrogen-bond donors (Lipinski definition) is 1. The van der Waals surface area contributed by atoms with E-state index in [1.807, 2.05) is 48.5 Å². The molecule has 7 nitrogen and oxygen atoms in total. The Bertz CT molecular complexity index is 1640. The van der Waals surface area contributed by atoms with Crippen LogP contribution in [0.15, 0.2) is 94.9 Å². The quantitative estimate of drug-likeness (QED) is 0.243. The third-order valence-corrected chi connectivity index (χ3v) is 6.70. The Morgan fingerprint density at radius 3 is 2.42 bits per heavy atom. The molecule has 0 spiro atoms. The van der Waals surface area contributed by atoms with Crippen LogP contribution in [-0.2, 0) is 4.79 Å². The number of nitrogens with zero attached hydrogens (tertiary/aromatic N) is 2. The Morgan fingerprint density at radius 2 is 1.61 bits per heavy atom. The average molecular weight is 498 g/mol. The number of ether oxygens (including phenoxy) is 2. The molecule has 1 heterocycles. The molecule has 1 amide bonds. The molecular formula is C28H23N3O4S. The molecule has 0 aliphatic carbocycles. The van der Waals surface area contributed by atoms with Crippen molar-refractivity contribution >= 4 is 45.0 Å². The number of methoxy groups -OCH3 is 2. The number of benzene rings is 4. The molecule has 0 atom stereocenters. The number of hydrogen-bond acceptors (Lipinski definition) is 6. The van der Waals surface area contributed by atoms with E-state index in [1.165, 1.54) is 23.4 Å². The van der Waals surface area contributed by atoms with Crippen molar-refractivity contribution < 1.29 is 14.3 Å². The van der Waals surface area contributed by atoms with Crippen LogP contribution in [0.5, 0.6) is 11.5 Å². The molecule has 1 aromatic heterocycles. The second-order valence-corrected chi connectivity index (χ2v) is 8.90. The molecule has 0 radical (unpaired) electrons. The van der Waals surface area contributed by atoms with Crippen molar-refractivity contribution in [3.05, 3.63) is 95.3 Å². The molecule has 0 aliphatic rings. The van der Waals surface area contributed by atoms with Gasteiger partial charge in [0, 0.05) is 17.1 Å². The first-order valence-corrected chi connectivity index (χ1v) is 12.2. The summed E-state index contributed by atoms with van der Waals surface area (Å²) in [5.41, 5.74) is 1.64. The van der Waals surface area contributed by atoms with Crippen LogP contribution in [-0.4, -0.2) is 35.4 Å². The fourth-order valence-electron chi connectivity index (χ4n) is 4.05. The maximum Gasteiger partial charge on any atom is 0.266 e. The summed E-state index contributed by atoms with van der Waals surface area (Å²) in [6.45, 7) is 0. The fraction of sp³-hybridized carbons (Fsp3) is 0.107. The SMILES string of the molecule is COc1ccc(-n2c(SCC(=O)Nc3cccc4ccccc34)nc3ccccc3c2=O)cc1OC. The molecule has 180 valence electrons. The van der Waals surface area contributed by atoms with Crippen LogP contribution in [0, 0.1) is 0 Å². The number of aromatic nitrogens is 2. The summed E-state index contributed by atoms with van der Waals surface area (Å²) in [6.07, 6.45) is 0. The highest BCUT2D eigenvalue weighted by atomic mass is 32.2. The van der Waals surface area contributed by atoms with E-state index < -0.39 is 0 Å². The van der Waals surface area contributed by atoms with E-state index in [-0.39, 0.29) is 17.2 Å². The van der Waals surface area contributed by atoms with E-state index in [9.17, 15) is 9.59 Å². The monoisotopic (exact) mass is 497 g/mol. The third kappa shape index (κ3) is 4.50. The van der Waals surface area contributed by atoms with E-state index in [0.717, 1.165) is 16.5 Å². The second kappa shape index (κ2) is 10.1. The normalized spacial score (nSPS) is 10.9. The van der Waals surface area contributed by atoms with Gasteiger partial charge >= 0.3 is 0 Å². The van der Waals surface area contributed by atoms with Crippen LogP contribution in [0.25, 0.3) is 27.4 Å². The van der Waals surface area contributed by atoms with Gasteiger partial charge < -0.3 is 14.8 Å². The largest absolute Gasteiger partial charge is 0.493 e. The van der Waals surface area contributed by atoms with Gasteiger partial charge in [-0.3, -0.25) is 14.2 Å². The summed E-state index contributed by atoms with van der Waals surface area (Å²) in [6, 6.07) is 26.0. The minimum absolute atomic E-state index is 0.0707. The highest BCUT2D eigenvalue weighted by Crippen LogP contribution is 2.31. The smallest absolute Gasteiger partial charge is 0.266 e. The molecule has 8 heteroatoms. The molecule has 0 saturated carbocycles. The van der Waals surface area contributed by atoms with E-state index in [0.29, 0.717) is 33.2 Å². The third-order valence-electron chi connectivity index (χ3n) is 5.77. The van der Waals surface area contributed by atoms with E-state index >= 15 is 0 Å². The fourth-order valence-corrected chi connectivity index (χ4v) is 4.86. The number of anilines is 1. The van der Waals surface area contributed by atoms with Gasteiger partial charge in [-0.1, -0.05) is 60.3 Å². The van der Waals surface area contributed by atoms with Crippen LogP contribution in [0.4, 0.5) is 5.69 Å². The van der Waals surface area contributed by atoms with E-state index in [4.69, 9.17) is 14.5 Å². The van der Waals surface area contributed by atoms with E-state index in [2.05, 4.69) is 5.32 Å². The Kier molecular flexibility index (Phi) is 6.60. The zero-order chi connectivity index (χ0) is 25.1. The lowest BCUT2D eigenvalue weighted by Gasteiger charge is -2.15. The number of fused-ring (bicyclic) bond motifs is 2. The molecule has 5 rings (SSSR count). The zero-order valence-electron chi connectivity index (χ0n) is 19.7. The van der Waals surface area contributed by atoms with Crippen LogP contribution < -0.4 is 20.3 Å². The maximum atomic E-state index is 13.5. The van der Waals surface area contributed by atoms with Gasteiger partial charge in [0.2, 0.25) is 5.91 Å². The summed E-state index contributed by atoms with van der Waals surface area (Å²) in [5, 5.41) is 5.88. The molecule has 4 aromatic carbocycles. The van der Waals surface area contributed by atoms with E-state index in [1.54, 1.807) is 43.5 Å². The summed E-state index contributed by atoms with van der Waals surface area (Å²) in [7, 11) is 3.09. The van der Waals surface area contributed by atoms with Crippen molar-refractivity contribution in [3.8, 4) is 17.2 Å². The average Bonchev–Trinajstić information content (AvgIpc) is 2.92. The van der Waals surface area contributed by atoms with Gasteiger partial charge in [-0.05, 0) is 35.7 Å². The first-order chi connectivity index (χ1) is 17.6. The maximum absolute atomic E-state index is 13.5. The van der Waals surface area contributed by atoms with Crippen molar-refractivity contribution in [2.45, 2.75) is 5.16 Å². The molecule has 0 aliphatic heterocycles. The number of rotatable bonds is 7. The van der Waals surface area contributed by atoms with Gasteiger partial charge in [0.15, 0.2) is 16.7 Å². The standard InChI is InChI=1S/C28H23N3O4S/c1-34-24-15-14-19(16-25(24)35-2)31-27(33)21-11-5-6-12-23(21)30-28(31)36-17-26(32)29-22-13-7-9-18-8-3-4-10-20(18)22/h3-16H,17H2,1-2H3,(H,29,32). The Morgan fingerprint density at radius 1 is 0.889 bits per heavy atom. The van der Waals surface area contributed by atoms with Crippen LogP contribution in [0.3, 0.4) is 0 Å². The van der Waals surface area contributed by atoms with Crippen molar-refractivity contribution in [3.63, 3.8) is 0 Å². The molecule has 0 fully saturated rings. The Labute approximate surface area is 211 Å². The highest BCUT2D eigenvalue weighted by molar-refractivity contribution is 7.99. The van der Waals surface area contributed by atoms with Crippen LogP contribution >= 0.6 is 11.8 Å². The first kappa shape index (κ1) is 23.4. The van der Waals surface area contributed by atoms with Crippen molar-refractivity contribution in [2.75, 3.05) is 25.3 Å². The minimum Gasteiger partial charge on any atom is -0.493 e. The summed E-state index contributed by atoms with van der Waals surface area (Å²) in [5.74, 6) is 0.908. The predicted molar refractivity (Wildman–Crippen MR) is 144 cm³/mol. The predicted octanol–water partition coefficient (Wildman–Crippen LogP) is 5.29. The van der Waals surface area contributed by atoms with Crippen molar-refractivity contribution in [2.24, 2.45) is 0 Å². The second-order valence-electron chi connectivity index (χ2n) is 7.95. The van der Waals surface area contributed by atoms with Crippen LogP contribution in [0.2, 0.25) is 0 Å². The first-order valence-electron chi connectivity index (χ1n) is 11.2. The minimum atomic E-state index is -0.232. The zero-order valence-corrected chi connectivity index (χ0v) is 20.5. The van der Waals surface area contributed by atoms with Gasteiger partial charge in [0.1, 0.15) is 0 Å². The number of thioether (sulfide) groups is 1. The molecule has 0 unspecified atom stereocenters. The molecule has 36 heavy (non-hydrogen) atoms. The number of nitrogens with one attached hydrogen (secondary N) is 1. The number of carbonyl (C=O) groups excluding carboxylic acids is 1. The van der Waals surface area contributed by atoms with Gasteiger partial charge in [0.25, 0.3) is 5.56 Å². The number of para-hydroxylation sites is 1. The van der Waals surface area contributed by atoms with Gasteiger partial charge in [-0.25, -0.2) is 4.98 Å². The highest BCUT2D eigenvalue weighted by Gasteiger charge is 2.17. The number of amides is 1. The van der Waals surface area contributed by atoms with Crippen LogP contribution in [0.1, 0.15) is 0 Å². The lowest BCUT2D eigenvalue weighted by molar-refractivity contribution is -0.113. The van der Waals surface area contributed by atoms with Crippen molar-refractivity contribution in [1.82, 2.24) is 9.55 Å².